The molecule has 0 aliphatic rings. The van der Waals surface area contributed by atoms with E-state index in [0.717, 1.165) is 12.1 Å². The predicted octanol–water partition coefficient (Wildman–Crippen LogP) is 1.73. The molecule has 0 spiro atoms. The van der Waals surface area contributed by atoms with Crippen molar-refractivity contribution >= 4 is 21.8 Å². The first-order valence-corrected chi connectivity index (χ1v) is 4.75. The molecule has 0 saturated carbocycles. The van der Waals surface area contributed by atoms with Gasteiger partial charge in [-0.3, -0.25) is 4.79 Å². The van der Waals surface area contributed by atoms with Crippen LogP contribution in [0.1, 0.15) is 5.69 Å². The molecule has 16 heavy (non-hydrogen) atoms. The van der Waals surface area contributed by atoms with Gasteiger partial charge < -0.3 is 10.5 Å². The zero-order valence-electron chi connectivity index (χ0n) is 7.71. The number of pyridine rings is 1. The van der Waals surface area contributed by atoms with Crippen molar-refractivity contribution in [3.8, 4) is 5.75 Å². The lowest BCUT2D eigenvalue weighted by atomic mass is 10.3. The molecule has 0 unspecified atom stereocenters. The van der Waals surface area contributed by atoms with Crippen molar-refractivity contribution in [2.75, 3.05) is 6.61 Å². The van der Waals surface area contributed by atoms with Crippen LogP contribution in [0.4, 0.5) is 13.2 Å². The molecule has 0 radical (unpaired) electrons. The molecule has 1 rings (SSSR count). The first kappa shape index (κ1) is 12.8. The Bertz CT molecular complexity index is 409. The number of carbonyl (C=O) groups is 1. The van der Waals surface area contributed by atoms with Crippen LogP contribution < -0.4 is 10.5 Å². The highest BCUT2D eigenvalue weighted by molar-refractivity contribution is 9.10. The lowest BCUT2D eigenvalue weighted by Crippen LogP contribution is -2.20. The van der Waals surface area contributed by atoms with Crippen LogP contribution in [0.3, 0.4) is 0 Å². The number of carbonyl (C=O) groups excluding carboxylic acids is 1. The van der Waals surface area contributed by atoms with Crippen molar-refractivity contribution in [2.45, 2.75) is 6.18 Å². The quantitative estimate of drug-likeness (QED) is 0.864. The molecule has 1 amide bonds. The molecule has 0 aromatic carbocycles. The van der Waals surface area contributed by atoms with Crippen molar-refractivity contribution in [1.29, 1.82) is 0 Å². The highest BCUT2D eigenvalue weighted by Gasteiger charge is 2.33. The average molecular weight is 299 g/mol. The van der Waals surface area contributed by atoms with Gasteiger partial charge in [0.25, 0.3) is 5.91 Å². The summed E-state index contributed by atoms with van der Waals surface area (Å²) in [5, 5.41) is 0. The van der Waals surface area contributed by atoms with Gasteiger partial charge in [0.15, 0.2) is 12.4 Å². The van der Waals surface area contributed by atoms with Crippen LogP contribution in [0.25, 0.3) is 0 Å². The van der Waals surface area contributed by atoms with E-state index >= 15 is 0 Å². The molecular formula is C8H6BrF3N2O2. The van der Waals surface area contributed by atoms with E-state index in [-0.39, 0.29) is 10.4 Å². The lowest BCUT2D eigenvalue weighted by molar-refractivity contribution is -0.141. The Balaban J connectivity index is 2.88. The van der Waals surface area contributed by atoms with Gasteiger partial charge in [0, 0.05) is 0 Å². The summed E-state index contributed by atoms with van der Waals surface area (Å²) >= 11 is 2.80. The largest absolute Gasteiger partial charge is 0.481 e. The third-order valence-corrected chi connectivity index (χ3v) is 2.04. The number of hydrogen-bond donors (Lipinski definition) is 1. The fourth-order valence-corrected chi connectivity index (χ4v) is 1.27. The molecule has 0 aliphatic heterocycles. The number of rotatable bonds is 3. The van der Waals surface area contributed by atoms with Crippen LogP contribution in [0.5, 0.6) is 5.75 Å². The molecule has 1 aromatic rings. The Morgan fingerprint density at radius 1 is 1.50 bits per heavy atom. The molecule has 0 fully saturated rings. The first-order chi connectivity index (χ1) is 7.30. The maximum atomic E-state index is 12.2. The number of primary amides is 1. The predicted molar refractivity (Wildman–Crippen MR) is 51.6 cm³/mol. The zero-order valence-corrected chi connectivity index (χ0v) is 9.30. The van der Waals surface area contributed by atoms with Gasteiger partial charge >= 0.3 is 6.18 Å². The Kier molecular flexibility index (Phi) is 3.74. The topological polar surface area (TPSA) is 65.2 Å². The number of ether oxygens (including phenoxy) is 1. The van der Waals surface area contributed by atoms with Crippen molar-refractivity contribution in [3.63, 3.8) is 0 Å². The minimum Gasteiger partial charge on any atom is -0.481 e. The fourth-order valence-electron chi connectivity index (χ4n) is 0.836. The number of nitrogens with two attached hydrogens (primary N) is 1. The number of halogens is 4. The van der Waals surface area contributed by atoms with Gasteiger partial charge in [0.2, 0.25) is 0 Å². The summed E-state index contributed by atoms with van der Waals surface area (Å²) in [7, 11) is 0. The van der Waals surface area contributed by atoms with Crippen molar-refractivity contribution in [2.24, 2.45) is 5.73 Å². The minimum atomic E-state index is -4.52. The molecule has 0 aliphatic carbocycles. The zero-order chi connectivity index (χ0) is 12.3. The molecule has 2 N–H and O–H groups in total. The Morgan fingerprint density at radius 2 is 2.12 bits per heavy atom. The monoisotopic (exact) mass is 298 g/mol. The second-order valence-corrected chi connectivity index (χ2v) is 3.49. The van der Waals surface area contributed by atoms with Gasteiger partial charge in [-0.1, -0.05) is 0 Å². The molecule has 1 aromatic heterocycles. The van der Waals surface area contributed by atoms with Crippen molar-refractivity contribution < 1.29 is 22.7 Å². The molecule has 0 bridgehead atoms. The Labute approximate surface area is 96.7 Å². The van der Waals surface area contributed by atoms with Gasteiger partial charge in [-0.2, -0.15) is 13.2 Å². The fraction of sp³-hybridized carbons (Fsp3) is 0.250. The Hall–Kier alpha value is -1.31. The van der Waals surface area contributed by atoms with Gasteiger partial charge in [-0.05, 0) is 28.1 Å². The number of alkyl halides is 3. The molecule has 0 atom stereocenters. The summed E-state index contributed by atoms with van der Waals surface area (Å²) in [6.07, 6.45) is -4.52. The molecule has 1 heterocycles. The Morgan fingerprint density at radius 3 is 2.56 bits per heavy atom. The second-order valence-electron chi connectivity index (χ2n) is 2.74. The van der Waals surface area contributed by atoms with Gasteiger partial charge in [0.05, 0.1) is 0 Å². The van der Waals surface area contributed by atoms with E-state index in [2.05, 4.69) is 20.9 Å². The van der Waals surface area contributed by atoms with Crippen LogP contribution in [0, 0.1) is 0 Å². The maximum absolute atomic E-state index is 12.2. The smallest absolute Gasteiger partial charge is 0.433 e. The minimum absolute atomic E-state index is 0.0202. The highest BCUT2D eigenvalue weighted by atomic mass is 79.9. The van der Waals surface area contributed by atoms with Gasteiger partial charge in [0.1, 0.15) is 10.3 Å². The van der Waals surface area contributed by atoms with E-state index in [1.807, 2.05) is 0 Å². The number of aromatic nitrogens is 1. The van der Waals surface area contributed by atoms with Crippen LogP contribution in [0.2, 0.25) is 0 Å². The van der Waals surface area contributed by atoms with Gasteiger partial charge in [-0.15, -0.1) is 0 Å². The average Bonchev–Trinajstić information content (AvgIpc) is 2.14. The second kappa shape index (κ2) is 4.69. The summed E-state index contributed by atoms with van der Waals surface area (Å²) < 4.78 is 41.3. The van der Waals surface area contributed by atoms with Crippen molar-refractivity contribution in [1.82, 2.24) is 4.98 Å². The summed E-state index contributed by atoms with van der Waals surface area (Å²) in [5.74, 6) is -0.710. The molecule has 8 heteroatoms. The standard InChI is InChI=1S/C8H6BrF3N2O2/c9-7-4(16-3-6(13)15)1-2-5(14-7)8(10,11)12/h1-2H,3H2,(H2,13,15). The van der Waals surface area contributed by atoms with E-state index in [9.17, 15) is 18.0 Å². The lowest BCUT2D eigenvalue weighted by Gasteiger charge is -2.09. The summed E-state index contributed by atoms with van der Waals surface area (Å²) in [4.78, 5) is 13.6. The summed E-state index contributed by atoms with van der Waals surface area (Å²) in [6, 6.07) is 1.81. The number of hydrogen-bond acceptors (Lipinski definition) is 3. The number of nitrogens with zero attached hydrogens (tertiary/aromatic N) is 1. The summed E-state index contributed by atoms with van der Waals surface area (Å²) in [6.45, 7) is -0.425. The molecular weight excluding hydrogens is 293 g/mol. The number of amides is 1. The third-order valence-electron chi connectivity index (χ3n) is 1.47. The van der Waals surface area contributed by atoms with Crippen LogP contribution in [-0.2, 0) is 11.0 Å². The molecule has 88 valence electrons. The maximum Gasteiger partial charge on any atom is 0.433 e. The third kappa shape index (κ3) is 3.37. The van der Waals surface area contributed by atoms with E-state index in [1.165, 1.54) is 0 Å². The normalized spacial score (nSPS) is 11.2. The van der Waals surface area contributed by atoms with Crippen LogP contribution >= 0.6 is 15.9 Å². The summed E-state index contributed by atoms with van der Waals surface area (Å²) in [5.41, 5.74) is 3.76. The molecule has 0 saturated heterocycles. The van der Waals surface area contributed by atoms with Crippen LogP contribution in [0.15, 0.2) is 16.7 Å². The van der Waals surface area contributed by atoms with Crippen molar-refractivity contribution in [3.05, 3.63) is 22.4 Å². The first-order valence-electron chi connectivity index (χ1n) is 3.95. The van der Waals surface area contributed by atoms with Gasteiger partial charge in [-0.25, -0.2) is 4.98 Å². The van der Waals surface area contributed by atoms with E-state index in [0.29, 0.717) is 0 Å². The SMILES string of the molecule is NC(=O)COc1ccc(C(F)(F)F)nc1Br. The highest BCUT2D eigenvalue weighted by Crippen LogP contribution is 2.31. The van der Waals surface area contributed by atoms with E-state index in [4.69, 9.17) is 10.5 Å². The molecule has 4 nitrogen and oxygen atoms in total. The van der Waals surface area contributed by atoms with E-state index < -0.39 is 24.4 Å². The van der Waals surface area contributed by atoms with E-state index in [1.54, 1.807) is 0 Å². The van der Waals surface area contributed by atoms with Crippen LogP contribution in [-0.4, -0.2) is 17.5 Å².